The number of carbonyl (C=O) groups is 1. The van der Waals surface area contributed by atoms with E-state index in [1.807, 2.05) is 31.2 Å². The molecule has 4 rings (SSSR count). The molecule has 0 fully saturated rings. The van der Waals surface area contributed by atoms with Crippen LogP contribution in [0.1, 0.15) is 51.1 Å². The number of anilines is 1. The van der Waals surface area contributed by atoms with Gasteiger partial charge in [-0.3, -0.25) is 4.79 Å². The van der Waals surface area contributed by atoms with Gasteiger partial charge in [0.05, 0.1) is 17.8 Å². The number of fused-ring (bicyclic) bond motifs is 1. The van der Waals surface area contributed by atoms with Crippen LogP contribution < -0.4 is 10.6 Å². The zero-order chi connectivity index (χ0) is 23.8. The molecule has 1 aromatic heterocycles. The topological polar surface area (TPSA) is 59.0 Å². The Balaban J connectivity index is 1.55. The van der Waals surface area contributed by atoms with Gasteiger partial charge in [-0.05, 0) is 36.6 Å². The molecule has 10 heteroatoms. The SMILES string of the molecule is Cc1ccc([C@H]2C[C@H](C(F)F)n3ncc(C(=O)NCc4cccc(C(F)(F)F)c4)c3N2)cc1. The monoisotopic (exact) mass is 464 g/mol. The molecule has 1 aliphatic heterocycles. The molecule has 0 radical (unpaired) electrons. The first-order chi connectivity index (χ1) is 15.6. The standard InChI is InChI=1S/C23H21F5N4O/c1-13-5-7-15(8-6-13)18-10-19(20(24)25)32-21(31-18)17(12-30-32)22(33)29-11-14-3-2-4-16(9-14)23(26,27)28/h2-9,12,18-20,31H,10-11H2,1H3,(H,29,33)/t18-,19-/m1/s1. The smallest absolute Gasteiger partial charge is 0.363 e. The lowest BCUT2D eigenvalue weighted by Gasteiger charge is -2.32. The van der Waals surface area contributed by atoms with E-state index in [0.717, 1.165) is 27.9 Å². The first-order valence-corrected chi connectivity index (χ1v) is 10.3. The van der Waals surface area contributed by atoms with E-state index in [2.05, 4.69) is 15.7 Å². The Morgan fingerprint density at radius 3 is 2.61 bits per heavy atom. The van der Waals surface area contributed by atoms with Crippen molar-refractivity contribution in [3.63, 3.8) is 0 Å². The third-order valence-corrected chi connectivity index (χ3v) is 5.62. The van der Waals surface area contributed by atoms with E-state index >= 15 is 0 Å². The van der Waals surface area contributed by atoms with Crippen molar-refractivity contribution in [2.45, 2.75) is 44.6 Å². The van der Waals surface area contributed by atoms with Crippen LogP contribution in [0.4, 0.5) is 27.8 Å². The lowest BCUT2D eigenvalue weighted by Crippen LogP contribution is -2.32. The summed E-state index contributed by atoms with van der Waals surface area (Å²) in [6.45, 7) is 1.76. The summed E-state index contributed by atoms with van der Waals surface area (Å²) in [6.07, 6.45) is -5.92. The van der Waals surface area contributed by atoms with Gasteiger partial charge in [0.2, 0.25) is 0 Å². The third kappa shape index (κ3) is 4.84. The van der Waals surface area contributed by atoms with E-state index in [0.29, 0.717) is 0 Å². The number of aryl methyl sites for hydroxylation is 1. The fourth-order valence-electron chi connectivity index (χ4n) is 3.85. The molecule has 0 saturated heterocycles. The van der Waals surface area contributed by atoms with Crippen LogP contribution in [0.3, 0.4) is 0 Å². The minimum absolute atomic E-state index is 0.0458. The van der Waals surface area contributed by atoms with Gasteiger partial charge >= 0.3 is 6.18 Å². The molecule has 33 heavy (non-hydrogen) atoms. The molecule has 0 saturated carbocycles. The van der Waals surface area contributed by atoms with Crippen LogP contribution in [0.25, 0.3) is 0 Å². The van der Waals surface area contributed by atoms with E-state index in [1.54, 1.807) is 0 Å². The van der Waals surface area contributed by atoms with Gasteiger partial charge in [0, 0.05) is 6.54 Å². The van der Waals surface area contributed by atoms with Gasteiger partial charge < -0.3 is 10.6 Å². The number of hydrogen-bond acceptors (Lipinski definition) is 3. The minimum atomic E-state index is -4.50. The van der Waals surface area contributed by atoms with Crippen LogP contribution in [0.5, 0.6) is 0 Å². The summed E-state index contributed by atoms with van der Waals surface area (Å²) in [5.41, 5.74) is 1.31. The molecule has 2 heterocycles. The molecule has 0 bridgehead atoms. The van der Waals surface area contributed by atoms with E-state index in [9.17, 15) is 26.7 Å². The highest BCUT2D eigenvalue weighted by molar-refractivity contribution is 5.98. The van der Waals surface area contributed by atoms with Crippen molar-refractivity contribution in [2.24, 2.45) is 0 Å². The van der Waals surface area contributed by atoms with Gasteiger partial charge in [0.25, 0.3) is 12.3 Å². The van der Waals surface area contributed by atoms with Crippen LogP contribution in [0.15, 0.2) is 54.7 Å². The molecule has 0 unspecified atom stereocenters. The molecule has 0 spiro atoms. The van der Waals surface area contributed by atoms with Crippen molar-refractivity contribution < 1.29 is 26.7 Å². The van der Waals surface area contributed by atoms with Crippen molar-refractivity contribution in [1.82, 2.24) is 15.1 Å². The molecular formula is C23H21F5N4O. The summed E-state index contributed by atoms with van der Waals surface area (Å²) >= 11 is 0. The Morgan fingerprint density at radius 1 is 1.21 bits per heavy atom. The van der Waals surface area contributed by atoms with Crippen LogP contribution in [0.2, 0.25) is 0 Å². The first kappa shape index (κ1) is 22.8. The molecule has 2 N–H and O–H groups in total. The number of halogens is 5. The summed E-state index contributed by atoms with van der Waals surface area (Å²) in [5, 5.41) is 9.67. The predicted octanol–water partition coefficient (Wildman–Crippen LogP) is 5.50. The lowest BCUT2D eigenvalue weighted by atomic mass is 9.96. The zero-order valence-electron chi connectivity index (χ0n) is 17.5. The van der Waals surface area contributed by atoms with Crippen molar-refractivity contribution >= 4 is 11.7 Å². The van der Waals surface area contributed by atoms with Gasteiger partial charge in [-0.25, -0.2) is 13.5 Å². The largest absolute Gasteiger partial charge is 0.416 e. The molecule has 0 aliphatic carbocycles. The lowest BCUT2D eigenvalue weighted by molar-refractivity contribution is -0.137. The van der Waals surface area contributed by atoms with Gasteiger partial charge in [0.1, 0.15) is 17.4 Å². The second kappa shape index (κ2) is 8.84. The van der Waals surface area contributed by atoms with Crippen molar-refractivity contribution in [3.05, 3.63) is 82.5 Å². The Labute approximate surface area is 186 Å². The second-order valence-electron chi connectivity index (χ2n) is 7.98. The normalized spacial score (nSPS) is 18.0. The van der Waals surface area contributed by atoms with Gasteiger partial charge in [-0.2, -0.15) is 18.3 Å². The van der Waals surface area contributed by atoms with Crippen LogP contribution >= 0.6 is 0 Å². The summed E-state index contributed by atoms with van der Waals surface area (Å²) in [7, 11) is 0. The molecule has 5 nitrogen and oxygen atoms in total. The van der Waals surface area contributed by atoms with Crippen molar-refractivity contribution in [3.8, 4) is 0 Å². The predicted molar refractivity (Wildman–Crippen MR) is 112 cm³/mol. The zero-order valence-corrected chi connectivity index (χ0v) is 17.5. The summed E-state index contributed by atoms with van der Waals surface area (Å²) in [6, 6.07) is 10.4. The van der Waals surface area contributed by atoms with E-state index in [1.165, 1.54) is 18.3 Å². The Bertz CT molecular complexity index is 1140. The molecule has 1 amide bonds. The van der Waals surface area contributed by atoms with Crippen molar-refractivity contribution in [2.75, 3.05) is 5.32 Å². The quantitative estimate of drug-likeness (QED) is 0.490. The molecule has 174 valence electrons. The number of benzene rings is 2. The van der Waals surface area contributed by atoms with Crippen LogP contribution in [-0.4, -0.2) is 22.1 Å². The maximum Gasteiger partial charge on any atom is 0.416 e. The first-order valence-electron chi connectivity index (χ1n) is 10.3. The van der Waals surface area contributed by atoms with E-state index < -0.39 is 36.2 Å². The van der Waals surface area contributed by atoms with Crippen LogP contribution in [0, 0.1) is 6.92 Å². The highest BCUT2D eigenvalue weighted by Gasteiger charge is 2.36. The third-order valence-electron chi connectivity index (χ3n) is 5.62. The highest BCUT2D eigenvalue weighted by atomic mass is 19.4. The van der Waals surface area contributed by atoms with E-state index in [-0.39, 0.29) is 29.9 Å². The average Bonchev–Trinajstić information content (AvgIpc) is 3.21. The molecule has 2 aromatic carbocycles. The van der Waals surface area contributed by atoms with Gasteiger partial charge in [-0.1, -0.05) is 42.0 Å². The molecule has 2 atom stereocenters. The number of carbonyl (C=O) groups excluding carboxylic acids is 1. The number of alkyl halides is 5. The van der Waals surface area contributed by atoms with Gasteiger partial charge in [-0.15, -0.1) is 0 Å². The number of hydrogen-bond donors (Lipinski definition) is 2. The van der Waals surface area contributed by atoms with Crippen LogP contribution in [-0.2, 0) is 12.7 Å². The highest BCUT2D eigenvalue weighted by Crippen LogP contribution is 2.39. The fraction of sp³-hybridized carbons (Fsp3) is 0.304. The van der Waals surface area contributed by atoms with Gasteiger partial charge in [0.15, 0.2) is 0 Å². The molecular weight excluding hydrogens is 443 g/mol. The summed E-state index contributed by atoms with van der Waals surface area (Å²) in [4.78, 5) is 12.8. The molecule has 3 aromatic rings. The number of nitrogens with zero attached hydrogens (tertiary/aromatic N) is 2. The minimum Gasteiger partial charge on any atom is -0.363 e. The second-order valence-corrected chi connectivity index (χ2v) is 7.98. The summed E-state index contributed by atoms with van der Waals surface area (Å²) in [5.74, 6) is -0.475. The fourth-order valence-corrected chi connectivity index (χ4v) is 3.85. The number of rotatable bonds is 5. The van der Waals surface area contributed by atoms with E-state index in [4.69, 9.17) is 0 Å². The summed E-state index contributed by atoms with van der Waals surface area (Å²) < 4.78 is 67.4. The maximum absolute atomic E-state index is 13.8. The maximum atomic E-state index is 13.8. The number of aromatic nitrogens is 2. The Morgan fingerprint density at radius 2 is 1.94 bits per heavy atom. The number of amides is 1. The molecule has 1 aliphatic rings. The van der Waals surface area contributed by atoms with Crippen molar-refractivity contribution in [1.29, 1.82) is 0 Å². The Kier molecular flexibility index (Phi) is 6.09. The Hall–Kier alpha value is -3.43. The number of nitrogens with one attached hydrogen (secondary N) is 2. The average molecular weight is 464 g/mol.